The van der Waals surface area contributed by atoms with Crippen molar-refractivity contribution in [3.8, 4) is 0 Å². The van der Waals surface area contributed by atoms with Crippen molar-refractivity contribution in [2.24, 2.45) is 0 Å². The van der Waals surface area contributed by atoms with Crippen molar-refractivity contribution in [3.63, 3.8) is 0 Å². The number of anilines is 2. The molecule has 0 aliphatic carbocycles. The summed E-state index contributed by atoms with van der Waals surface area (Å²) in [6.45, 7) is 8.50. The van der Waals surface area contributed by atoms with E-state index in [0.29, 0.717) is 12.0 Å². The van der Waals surface area contributed by atoms with Gasteiger partial charge in [-0.2, -0.15) is 0 Å². The summed E-state index contributed by atoms with van der Waals surface area (Å²) in [6, 6.07) is 14.7. The summed E-state index contributed by atoms with van der Waals surface area (Å²) in [7, 11) is 0. The Balaban J connectivity index is 1.85. The van der Waals surface area contributed by atoms with Gasteiger partial charge >= 0.3 is 0 Å². The van der Waals surface area contributed by atoms with Crippen LogP contribution in [0.15, 0.2) is 48.5 Å². The van der Waals surface area contributed by atoms with Gasteiger partial charge in [-0.05, 0) is 66.0 Å². The van der Waals surface area contributed by atoms with Crippen LogP contribution in [0.25, 0.3) is 0 Å². The normalized spacial score (nSPS) is 10.9. The zero-order valence-corrected chi connectivity index (χ0v) is 19.0. The Bertz CT molecular complexity index is 869. The first-order chi connectivity index (χ1) is 14.2. The predicted octanol–water partition coefficient (Wildman–Crippen LogP) is 5.63. The van der Waals surface area contributed by atoms with E-state index < -0.39 is 0 Å². The van der Waals surface area contributed by atoms with Gasteiger partial charge in [0.15, 0.2) is 5.11 Å². The molecule has 0 saturated carbocycles. The van der Waals surface area contributed by atoms with Crippen molar-refractivity contribution in [2.75, 3.05) is 10.6 Å². The molecule has 0 aromatic heterocycles. The number of hydrogen-bond acceptors (Lipinski definition) is 3. The second-order valence-corrected chi connectivity index (χ2v) is 8.73. The molecule has 0 saturated heterocycles. The molecule has 0 radical (unpaired) electrons. The van der Waals surface area contributed by atoms with Gasteiger partial charge in [0.25, 0.3) is 5.91 Å². The van der Waals surface area contributed by atoms with Gasteiger partial charge in [-0.1, -0.05) is 52.7 Å². The summed E-state index contributed by atoms with van der Waals surface area (Å²) in [6.07, 6.45) is 3.57. The lowest BCUT2D eigenvalue weighted by atomic mass is 9.87. The molecular formula is C24H31N3O2S. The van der Waals surface area contributed by atoms with Crippen LogP contribution in [-0.4, -0.2) is 16.9 Å². The summed E-state index contributed by atoms with van der Waals surface area (Å²) < 4.78 is 0. The fraction of sp³-hybridized carbons (Fsp3) is 0.375. The van der Waals surface area contributed by atoms with E-state index >= 15 is 0 Å². The van der Waals surface area contributed by atoms with Crippen LogP contribution in [0.1, 0.15) is 69.3 Å². The molecule has 0 aliphatic rings. The van der Waals surface area contributed by atoms with E-state index in [-0.39, 0.29) is 22.3 Å². The molecule has 0 atom stereocenters. The Labute approximate surface area is 184 Å². The number of nitrogens with one attached hydrogen (secondary N) is 3. The van der Waals surface area contributed by atoms with Crippen LogP contribution >= 0.6 is 12.2 Å². The monoisotopic (exact) mass is 425 g/mol. The number of rotatable bonds is 7. The van der Waals surface area contributed by atoms with Crippen molar-refractivity contribution in [1.82, 2.24) is 5.32 Å². The maximum atomic E-state index is 12.4. The number of thiocarbonyl (C=S) groups is 1. The lowest BCUT2D eigenvalue weighted by Crippen LogP contribution is -2.34. The minimum absolute atomic E-state index is 0.0180. The third-order valence-corrected chi connectivity index (χ3v) is 4.88. The van der Waals surface area contributed by atoms with E-state index in [2.05, 4.69) is 43.6 Å². The highest BCUT2D eigenvalue weighted by Crippen LogP contribution is 2.22. The molecule has 2 rings (SSSR count). The molecule has 0 heterocycles. The van der Waals surface area contributed by atoms with Crippen LogP contribution in [0.4, 0.5) is 11.4 Å². The molecule has 30 heavy (non-hydrogen) atoms. The summed E-state index contributed by atoms with van der Waals surface area (Å²) in [5.74, 6) is -0.242. The SMILES string of the molecule is CCCCCC(=O)Nc1ccc(NC(=S)NC(=O)c2ccc(C(C)(C)C)cc2)cc1. The molecule has 5 nitrogen and oxygen atoms in total. The fourth-order valence-electron chi connectivity index (χ4n) is 2.86. The average Bonchev–Trinajstić information content (AvgIpc) is 2.69. The van der Waals surface area contributed by atoms with E-state index in [1.165, 1.54) is 0 Å². The summed E-state index contributed by atoms with van der Waals surface area (Å²) in [5, 5.41) is 8.78. The van der Waals surface area contributed by atoms with Crippen molar-refractivity contribution < 1.29 is 9.59 Å². The summed E-state index contributed by atoms with van der Waals surface area (Å²) in [5.41, 5.74) is 3.21. The van der Waals surface area contributed by atoms with Gasteiger partial charge in [0.1, 0.15) is 0 Å². The standard InChI is InChI=1S/C24H31N3O2S/c1-5-6-7-8-21(28)25-19-13-15-20(16-14-19)26-23(30)27-22(29)17-9-11-18(12-10-17)24(2,3)4/h9-16H,5-8H2,1-4H3,(H,25,28)(H2,26,27,29,30). The third kappa shape index (κ3) is 7.59. The molecule has 6 heteroatoms. The molecule has 160 valence electrons. The van der Waals surface area contributed by atoms with Crippen LogP contribution < -0.4 is 16.0 Å². The Kier molecular flexibility index (Phi) is 8.54. The van der Waals surface area contributed by atoms with Crippen molar-refractivity contribution >= 4 is 40.5 Å². The highest BCUT2D eigenvalue weighted by atomic mass is 32.1. The molecule has 0 unspecified atom stereocenters. The summed E-state index contributed by atoms with van der Waals surface area (Å²) >= 11 is 5.25. The Hall–Kier alpha value is -2.73. The lowest BCUT2D eigenvalue weighted by molar-refractivity contribution is -0.116. The van der Waals surface area contributed by atoms with Crippen molar-refractivity contribution in [1.29, 1.82) is 0 Å². The van der Waals surface area contributed by atoms with E-state index in [1.807, 2.05) is 12.1 Å². The van der Waals surface area contributed by atoms with Gasteiger partial charge in [0, 0.05) is 23.4 Å². The van der Waals surface area contributed by atoms with Crippen LogP contribution in [0.2, 0.25) is 0 Å². The molecule has 0 spiro atoms. The number of hydrogen-bond donors (Lipinski definition) is 3. The lowest BCUT2D eigenvalue weighted by Gasteiger charge is -2.19. The third-order valence-electron chi connectivity index (χ3n) is 4.67. The second kappa shape index (κ2) is 10.9. The van der Waals surface area contributed by atoms with Crippen LogP contribution in [-0.2, 0) is 10.2 Å². The number of benzene rings is 2. The Morgan fingerprint density at radius 1 is 0.867 bits per heavy atom. The highest BCUT2D eigenvalue weighted by molar-refractivity contribution is 7.80. The van der Waals surface area contributed by atoms with Crippen LogP contribution in [0.3, 0.4) is 0 Å². The van der Waals surface area contributed by atoms with Crippen LogP contribution in [0, 0.1) is 0 Å². The van der Waals surface area contributed by atoms with Crippen molar-refractivity contribution in [2.45, 2.75) is 58.8 Å². The van der Waals surface area contributed by atoms with Crippen LogP contribution in [0.5, 0.6) is 0 Å². The maximum absolute atomic E-state index is 12.4. The maximum Gasteiger partial charge on any atom is 0.257 e. The number of unbranched alkanes of at least 4 members (excludes halogenated alkanes) is 2. The molecule has 0 aliphatic heterocycles. The molecule has 3 N–H and O–H groups in total. The molecule has 2 aromatic carbocycles. The highest BCUT2D eigenvalue weighted by Gasteiger charge is 2.14. The van der Waals surface area contributed by atoms with Gasteiger partial charge in [0.05, 0.1) is 0 Å². The smallest absolute Gasteiger partial charge is 0.257 e. The van der Waals surface area contributed by atoms with Gasteiger partial charge in [0.2, 0.25) is 5.91 Å². The minimum Gasteiger partial charge on any atom is -0.332 e. The van der Waals surface area contributed by atoms with Gasteiger partial charge < -0.3 is 10.6 Å². The van der Waals surface area contributed by atoms with E-state index in [1.54, 1.807) is 36.4 Å². The number of carbonyl (C=O) groups is 2. The van der Waals surface area contributed by atoms with Gasteiger partial charge in [-0.3, -0.25) is 14.9 Å². The first kappa shape index (κ1) is 23.5. The average molecular weight is 426 g/mol. The first-order valence-corrected chi connectivity index (χ1v) is 10.7. The second-order valence-electron chi connectivity index (χ2n) is 8.32. The van der Waals surface area contributed by atoms with Gasteiger partial charge in [-0.15, -0.1) is 0 Å². The first-order valence-electron chi connectivity index (χ1n) is 10.3. The Morgan fingerprint density at radius 3 is 1.97 bits per heavy atom. The fourth-order valence-corrected chi connectivity index (χ4v) is 3.07. The Morgan fingerprint density at radius 2 is 1.43 bits per heavy atom. The quantitative estimate of drug-likeness (QED) is 0.397. The molecule has 0 bridgehead atoms. The topological polar surface area (TPSA) is 70.2 Å². The van der Waals surface area contributed by atoms with E-state index in [4.69, 9.17) is 12.2 Å². The minimum atomic E-state index is -0.260. The summed E-state index contributed by atoms with van der Waals surface area (Å²) in [4.78, 5) is 24.3. The number of amides is 2. The zero-order valence-electron chi connectivity index (χ0n) is 18.2. The van der Waals surface area contributed by atoms with E-state index in [0.717, 1.165) is 36.2 Å². The molecule has 2 aromatic rings. The van der Waals surface area contributed by atoms with E-state index in [9.17, 15) is 9.59 Å². The molecule has 0 fully saturated rings. The van der Waals surface area contributed by atoms with Crippen molar-refractivity contribution in [3.05, 3.63) is 59.7 Å². The zero-order chi connectivity index (χ0) is 22.1. The predicted molar refractivity (Wildman–Crippen MR) is 128 cm³/mol. The molecular weight excluding hydrogens is 394 g/mol. The molecule has 2 amide bonds. The van der Waals surface area contributed by atoms with Gasteiger partial charge in [-0.25, -0.2) is 0 Å². The number of carbonyl (C=O) groups excluding carboxylic acids is 2. The largest absolute Gasteiger partial charge is 0.332 e.